The minimum absolute atomic E-state index is 0.0636. The van der Waals surface area contributed by atoms with Crippen LogP contribution in [0.5, 0.6) is 0 Å². The number of urea groups is 1. The summed E-state index contributed by atoms with van der Waals surface area (Å²) in [5.41, 5.74) is 2.65. The number of carbonyl (C=O) groups is 1. The lowest BCUT2D eigenvalue weighted by Gasteiger charge is -2.29. The van der Waals surface area contributed by atoms with Crippen LogP contribution >= 0.6 is 0 Å². The minimum Gasteiger partial charge on any atom is -0.396 e. The van der Waals surface area contributed by atoms with E-state index < -0.39 is 0 Å². The molecule has 0 bridgehead atoms. The summed E-state index contributed by atoms with van der Waals surface area (Å²) in [5, 5.41) is 14.8. The first kappa shape index (κ1) is 15.5. The molecule has 4 heteroatoms. The van der Waals surface area contributed by atoms with E-state index in [4.69, 9.17) is 5.11 Å². The smallest absolute Gasteiger partial charge is 0.319 e. The Morgan fingerprint density at radius 2 is 2.05 bits per heavy atom. The van der Waals surface area contributed by atoms with Gasteiger partial charge in [-0.2, -0.15) is 0 Å². The van der Waals surface area contributed by atoms with E-state index in [1.807, 2.05) is 45.9 Å². The summed E-state index contributed by atoms with van der Waals surface area (Å²) in [5.74, 6) is 0. The maximum absolute atomic E-state index is 12.0. The summed E-state index contributed by atoms with van der Waals surface area (Å²) in [6.45, 7) is 7.99. The number of amides is 2. The summed E-state index contributed by atoms with van der Waals surface area (Å²) in [7, 11) is 0. The molecule has 1 aromatic rings. The number of benzene rings is 1. The molecule has 1 unspecified atom stereocenters. The van der Waals surface area contributed by atoms with Crippen LogP contribution in [0.25, 0.3) is 0 Å². The highest BCUT2D eigenvalue weighted by atomic mass is 16.3. The third-order valence-electron chi connectivity index (χ3n) is 3.71. The van der Waals surface area contributed by atoms with E-state index in [1.54, 1.807) is 0 Å². The average molecular weight is 264 g/mol. The van der Waals surface area contributed by atoms with E-state index in [0.717, 1.165) is 23.2 Å². The van der Waals surface area contributed by atoms with Gasteiger partial charge in [-0.25, -0.2) is 4.79 Å². The number of nitrogens with one attached hydrogen (secondary N) is 2. The number of rotatable bonds is 5. The van der Waals surface area contributed by atoms with Crippen LogP contribution in [0, 0.1) is 13.8 Å². The first-order valence-electron chi connectivity index (χ1n) is 6.68. The monoisotopic (exact) mass is 264 g/mol. The second kappa shape index (κ2) is 6.57. The summed E-state index contributed by atoms with van der Waals surface area (Å²) < 4.78 is 0. The maximum Gasteiger partial charge on any atom is 0.319 e. The molecule has 106 valence electrons. The molecule has 1 atom stereocenters. The lowest BCUT2D eigenvalue weighted by molar-refractivity contribution is 0.208. The molecule has 0 radical (unpaired) electrons. The third kappa shape index (κ3) is 4.24. The molecule has 0 spiro atoms. The quantitative estimate of drug-likeness (QED) is 0.765. The molecule has 0 aromatic heterocycles. The molecule has 0 aliphatic rings. The Labute approximate surface area is 115 Å². The van der Waals surface area contributed by atoms with Crippen molar-refractivity contribution in [3.8, 4) is 0 Å². The second-order valence-electron chi connectivity index (χ2n) is 5.21. The van der Waals surface area contributed by atoms with Gasteiger partial charge in [0.05, 0.1) is 0 Å². The lowest BCUT2D eigenvalue weighted by atomic mass is 9.95. The van der Waals surface area contributed by atoms with Gasteiger partial charge in [-0.1, -0.05) is 19.1 Å². The van der Waals surface area contributed by atoms with Crippen molar-refractivity contribution in [2.75, 3.05) is 11.9 Å². The predicted molar refractivity (Wildman–Crippen MR) is 78.5 cm³/mol. The molecule has 0 heterocycles. The van der Waals surface area contributed by atoms with Gasteiger partial charge in [0.2, 0.25) is 0 Å². The fraction of sp³-hybridized carbons (Fsp3) is 0.533. The Balaban J connectivity index is 2.72. The van der Waals surface area contributed by atoms with Gasteiger partial charge >= 0.3 is 6.03 Å². The molecule has 1 aromatic carbocycles. The zero-order chi connectivity index (χ0) is 14.5. The van der Waals surface area contributed by atoms with Gasteiger partial charge in [-0.05, 0) is 50.8 Å². The first-order chi connectivity index (χ1) is 8.91. The van der Waals surface area contributed by atoms with Crippen LogP contribution in [-0.4, -0.2) is 23.3 Å². The van der Waals surface area contributed by atoms with Crippen molar-refractivity contribution in [2.24, 2.45) is 0 Å². The van der Waals surface area contributed by atoms with Gasteiger partial charge in [0, 0.05) is 17.8 Å². The van der Waals surface area contributed by atoms with E-state index in [0.29, 0.717) is 6.42 Å². The van der Waals surface area contributed by atoms with Crippen LogP contribution in [0.3, 0.4) is 0 Å². The molecule has 0 fully saturated rings. The van der Waals surface area contributed by atoms with Gasteiger partial charge in [0.15, 0.2) is 0 Å². The molecule has 0 aliphatic carbocycles. The fourth-order valence-electron chi connectivity index (χ4n) is 1.89. The largest absolute Gasteiger partial charge is 0.396 e. The Bertz CT molecular complexity index is 446. The SMILES string of the molecule is CCC(C)(CCO)NC(=O)Nc1cccc(C)c1C. The minimum atomic E-state index is -0.378. The molecule has 1 rings (SSSR count). The normalized spacial score (nSPS) is 13.7. The summed E-state index contributed by atoms with van der Waals surface area (Å²) in [4.78, 5) is 12.0. The summed E-state index contributed by atoms with van der Waals surface area (Å²) in [6.07, 6.45) is 1.32. The van der Waals surface area contributed by atoms with E-state index >= 15 is 0 Å². The van der Waals surface area contributed by atoms with Gasteiger partial charge in [0.1, 0.15) is 0 Å². The lowest BCUT2D eigenvalue weighted by Crippen LogP contribution is -2.48. The molecular weight excluding hydrogens is 240 g/mol. The Kier molecular flexibility index (Phi) is 5.36. The number of anilines is 1. The van der Waals surface area contributed by atoms with Crippen molar-refractivity contribution < 1.29 is 9.90 Å². The zero-order valence-corrected chi connectivity index (χ0v) is 12.2. The van der Waals surface area contributed by atoms with Crippen molar-refractivity contribution in [3.63, 3.8) is 0 Å². The van der Waals surface area contributed by atoms with Crippen molar-refractivity contribution >= 4 is 11.7 Å². The Morgan fingerprint density at radius 3 is 2.63 bits per heavy atom. The Morgan fingerprint density at radius 1 is 1.37 bits per heavy atom. The highest BCUT2D eigenvalue weighted by molar-refractivity contribution is 5.90. The van der Waals surface area contributed by atoms with Crippen molar-refractivity contribution in [1.82, 2.24) is 5.32 Å². The Hall–Kier alpha value is -1.55. The number of hydrogen-bond donors (Lipinski definition) is 3. The van der Waals surface area contributed by atoms with Crippen molar-refractivity contribution in [1.29, 1.82) is 0 Å². The second-order valence-corrected chi connectivity index (χ2v) is 5.21. The molecule has 3 N–H and O–H groups in total. The van der Waals surface area contributed by atoms with Crippen LogP contribution in [0.1, 0.15) is 37.8 Å². The standard InChI is InChI=1S/C15H24N2O2/c1-5-15(4,9-10-18)17-14(19)16-13-8-6-7-11(2)12(13)3/h6-8,18H,5,9-10H2,1-4H3,(H2,16,17,19). The number of aryl methyl sites for hydroxylation is 1. The summed E-state index contributed by atoms with van der Waals surface area (Å²) in [6, 6.07) is 5.59. The van der Waals surface area contributed by atoms with Crippen LogP contribution in [0.2, 0.25) is 0 Å². The molecule has 0 aliphatic heterocycles. The van der Waals surface area contributed by atoms with Crippen molar-refractivity contribution in [2.45, 2.75) is 46.1 Å². The third-order valence-corrected chi connectivity index (χ3v) is 3.71. The number of aliphatic hydroxyl groups is 1. The maximum atomic E-state index is 12.0. The van der Waals surface area contributed by atoms with Crippen LogP contribution in [0.15, 0.2) is 18.2 Å². The van der Waals surface area contributed by atoms with Crippen molar-refractivity contribution in [3.05, 3.63) is 29.3 Å². The fourth-order valence-corrected chi connectivity index (χ4v) is 1.89. The molecular formula is C15H24N2O2. The molecule has 19 heavy (non-hydrogen) atoms. The van der Waals surface area contributed by atoms with Gasteiger partial charge in [-0.3, -0.25) is 0 Å². The summed E-state index contributed by atoms with van der Waals surface area (Å²) >= 11 is 0. The topological polar surface area (TPSA) is 61.4 Å². The average Bonchev–Trinajstić information content (AvgIpc) is 2.35. The van der Waals surface area contributed by atoms with E-state index in [9.17, 15) is 4.79 Å². The number of carbonyl (C=O) groups excluding carboxylic acids is 1. The highest BCUT2D eigenvalue weighted by Crippen LogP contribution is 2.19. The van der Waals surface area contributed by atoms with Gasteiger partial charge in [0.25, 0.3) is 0 Å². The van der Waals surface area contributed by atoms with E-state index in [2.05, 4.69) is 10.6 Å². The zero-order valence-electron chi connectivity index (χ0n) is 12.2. The molecule has 0 saturated carbocycles. The van der Waals surface area contributed by atoms with E-state index in [1.165, 1.54) is 0 Å². The van der Waals surface area contributed by atoms with Gasteiger partial charge in [-0.15, -0.1) is 0 Å². The van der Waals surface area contributed by atoms with Crippen LogP contribution in [-0.2, 0) is 0 Å². The van der Waals surface area contributed by atoms with Crippen LogP contribution in [0.4, 0.5) is 10.5 Å². The molecule has 4 nitrogen and oxygen atoms in total. The highest BCUT2D eigenvalue weighted by Gasteiger charge is 2.23. The van der Waals surface area contributed by atoms with Gasteiger partial charge < -0.3 is 15.7 Å². The first-order valence-corrected chi connectivity index (χ1v) is 6.68. The number of hydrogen-bond acceptors (Lipinski definition) is 2. The number of aliphatic hydroxyl groups excluding tert-OH is 1. The van der Waals surface area contributed by atoms with Crippen LogP contribution < -0.4 is 10.6 Å². The predicted octanol–water partition coefficient (Wildman–Crippen LogP) is 2.98. The molecule has 0 saturated heterocycles. The molecule has 2 amide bonds. The van der Waals surface area contributed by atoms with E-state index in [-0.39, 0.29) is 18.2 Å².